The van der Waals surface area contributed by atoms with Crippen molar-refractivity contribution in [3.8, 4) is 0 Å². The molecule has 0 aliphatic rings. The van der Waals surface area contributed by atoms with Gasteiger partial charge in [0.25, 0.3) is 0 Å². The van der Waals surface area contributed by atoms with E-state index in [1.807, 2.05) is 0 Å². The molecule has 0 aromatic rings. The Morgan fingerprint density at radius 3 is 0.893 bits per heavy atom. The first-order chi connectivity index (χ1) is 12.7. The molecule has 0 aromatic heterocycles. The normalized spacial score (nSPS) is 12.9. The maximum absolute atomic E-state index is 6.27. The maximum Gasteiger partial charge on any atom is 0.00388 e. The van der Waals surface area contributed by atoms with Gasteiger partial charge < -0.3 is 11.5 Å². The third kappa shape index (κ3) is 26.5. The summed E-state index contributed by atoms with van der Waals surface area (Å²) in [6, 6.07) is 0.843. The highest BCUT2D eigenvalue weighted by molar-refractivity contribution is 5.85. The van der Waals surface area contributed by atoms with E-state index in [2.05, 4.69) is 13.8 Å². The molecule has 0 aromatic carbocycles. The lowest BCUT2D eigenvalue weighted by molar-refractivity contribution is 0.458. The molecule has 0 fully saturated rings. The lowest BCUT2D eigenvalue weighted by Gasteiger charge is -2.14. The second kappa shape index (κ2) is 27.5. The highest BCUT2D eigenvalue weighted by Gasteiger charge is 2.05. The van der Waals surface area contributed by atoms with E-state index in [0.29, 0.717) is 12.1 Å². The Morgan fingerprint density at radius 1 is 0.393 bits per heavy atom. The second-order valence-corrected chi connectivity index (χ2v) is 8.62. The van der Waals surface area contributed by atoms with Crippen LogP contribution < -0.4 is 11.5 Å². The van der Waals surface area contributed by atoms with Crippen molar-refractivity contribution >= 4 is 24.8 Å². The standard InChI is InChI=1S/C24H52N2.2ClH/c1-3-5-7-9-11-13-15-19-23(25)21-17-18-22-24(26)20-16-14-12-10-8-6-4-2;;/h23-24H,3-22,25-26H2,1-2H3;2*1H. The fourth-order valence-corrected chi connectivity index (χ4v) is 3.83. The molecule has 28 heavy (non-hydrogen) atoms. The summed E-state index contributed by atoms with van der Waals surface area (Å²) in [6.45, 7) is 4.56. The van der Waals surface area contributed by atoms with Gasteiger partial charge in [-0.05, 0) is 25.7 Å². The molecular formula is C24H54Cl2N2. The van der Waals surface area contributed by atoms with Crippen molar-refractivity contribution in [2.75, 3.05) is 0 Å². The van der Waals surface area contributed by atoms with E-state index < -0.39 is 0 Å². The van der Waals surface area contributed by atoms with E-state index in [4.69, 9.17) is 11.5 Å². The van der Waals surface area contributed by atoms with Crippen molar-refractivity contribution in [1.29, 1.82) is 0 Å². The van der Waals surface area contributed by atoms with Crippen LogP contribution in [0.1, 0.15) is 142 Å². The average molecular weight is 442 g/mol. The van der Waals surface area contributed by atoms with E-state index in [9.17, 15) is 0 Å². The van der Waals surface area contributed by atoms with Crippen molar-refractivity contribution in [2.24, 2.45) is 11.5 Å². The molecule has 0 amide bonds. The topological polar surface area (TPSA) is 52.0 Å². The van der Waals surface area contributed by atoms with Crippen LogP contribution in [0.2, 0.25) is 0 Å². The Hall–Kier alpha value is 0.500. The van der Waals surface area contributed by atoms with Gasteiger partial charge in [-0.25, -0.2) is 0 Å². The van der Waals surface area contributed by atoms with E-state index in [0.717, 1.165) is 0 Å². The molecule has 0 rings (SSSR count). The van der Waals surface area contributed by atoms with Crippen molar-refractivity contribution in [1.82, 2.24) is 0 Å². The first-order valence-electron chi connectivity index (χ1n) is 12.2. The Bertz CT molecular complexity index is 239. The molecule has 0 aliphatic heterocycles. The Labute approximate surface area is 190 Å². The maximum atomic E-state index is 6.27. The highest BCUT2D eigenvalue weighted by Crippen LogP contribution is 2.14. The molecule has 174 valence electrons. The molecule has 0 heterocycles. The number of rotatable bonds is 21. The molecule has 2 atom stereocenters. The third-order valence-corrected chi connectivity index (χ3v) is 5.76. The second-order valence-electron chi connectivity index (χ2n) is 8.62. The lowest BCUT2D eigenvalue weighted by atomic mass is 9.98. The molecule has 2 nitrogen and oxygen atoms in total. The number of hydrogen-bond acceptors (Lipinski definition) is 2. The van der Waals surface area contributed by atoms with Gasteiger partial charge in [-0.15, -0.1) is 24.8 Å². The van der Waals surface area contributed by atoms with Crippen LogP contribution in [0, 0.1) is 0 Å². The number of halogens is 2. The number of hydrogen-bond donors (Lipinski definition) is 2. The summed E-state index contributed by atoms with van der Waals surface area (Å²) in [5.74, 6) is 0. The van der Waals surface area contributed by atoms with E-state index in [1.165, 1.54) is 128 Å². The van der Waals surface area contributed by atoms with Gasteiger partial charge in [0.2, 0.25) is 0 Å². The van der Waals surface area contributed by atoms with Crippen LogP contribution in [-0.4, -0.2) is 12.1 Å². The zero-order valence-electron chi connectivity index (χ0n) is 19.3. The molecular weight excluding hydrogens is 387 g/mol. The van der Waals surface area contributed by atoms with Crippen molar-refractivity contribution in [3.05, 3.63) is 0 Å². The Balaban J connectivity index is -0.00000312. The van der Waals surface area contributed by atoms with Gasteiger partial charge in [0.1, 0.15) is 0 Å². The van der Waals surface area contributed by atoms with Gasteiger partial charge in [0, 0.05) is 12.1 Å². The quantitative estimate of drug-likeness (QED) is 0.176. The Morgan fingerprint density at radius 2 is 0.607 bits per heavy atom. The van der Waals surface area contributed by atoms with Crippen molar-refractivity contribution in [2.45, 2.75) is 154 Å². The Kier molecular flexibility index (Phi) is 32.6. The SMILES string of the molecule is CCCCCCCCCC(N)CCCCC(N)CCCCCCCCC.Cl.Cl. The first kappa shape index (κ1) is 33.1. The molecule has 0 saturated heterocycles. The molecule has 0 saturated carbocycles. The summed E-state index contributed by atoms with van der Waals surface area (Å²) in [5, 5.41) is 0. The van der Waals surface area contributed by atoms with Crippen LogP contribution in [0.3, 0.4) is 0 Å². The fourth-order valence-electron chi connectivity index (χ4n) is 3.83. The van der Waals surface area contributed by atoms with Gasteiger partial charge in [-0.2, -0.15) is 0 Å². The van der Waals surface area contributed by atoms with Gasteiger partial charge in [-0.3, -0.25) is 0 Å². The van der Waals surface area contributed by atoms with Crippen LogP contribution >= 0.6 is 24.8 Å². The van der Waals surface area contributed by atoms with Crippen molar-refractivity contribution in [3.63, 3.8) is 0 Å². The minimum atomic E-state index is 0. The van der Waals surface area contributed by atoms with E-state index in [1.54, 1.807) is 0 Å². The number of unbranched alkanes of at least 4 members (excludes halogenated alkanes) is 13. The molecule has 4 heteroatoms. The predicted octanol–water partition coefficient (Wildman–Crippen LogP) is 8.33. The van der Waals surface area contributed by atoms with Gasteiger partial charge >= 0.3 is 0 Å². The van der Waals surface area contributed by atoms with Gasteiger partial charge in [0.15, 0.2) is 0 Å². The average Bonchev–Trinajstić information content (AvgIpc) is 2.64. The smallest absolute Gasteiger partial charge is 0.00388 e. The van der Waals surface area contributed by atoms with Crippen LogP contribution in [0.25, 0.3) is 0 Å². The van der Waals surface area contributed by atoms with E-state index >= 15 is 0 Å². The summed E-state index contributed by atoms with van der Waals surface area (Å²) >= 11 is 0. The largest absolute Gasteiger partial charge is 0.328 e. The molecule has 2 unspecified atom stereocenters. The van der Waals surface area contributed by atoms with Crippen LogP contribution in [0.5, 0.6) is 0 Å². The van der Waals surface area contributed by atoms with E-state index in [-0.39, 0.29) is 24.8 Å². The minimum absolute atomic E-state index is 0. The fraction of sp³-hybridized carbons (Fsp3) is 1.00. The predicted molar refractivity (Wildman–Crippen MR) is 134 cm³/mol. The van der Waals surface area contributed by atoms with Crippen LogP contribution in [0.4, 0.5) is 0 Å². The summed E-state index contributed by atoms with van der Waals surface area (Å²) in [7, 11) is 0. The lowest BCUT2D eigenvalue weighted by Crippen LogP contribution is -2.21. The zero-order chi connectivity index (χ0) is 19.3. The summed E-state index contributed by atoms with van der Waals surface area (Å²) in [6.07, 6.45) is 26.7. The van der Waals surface area contributed by atoms with Crippen LogP contribution in [0.15, 0.2) is 0 Å². The summed E-state index contributed by atoms with van der Waals surface area (Å²) < 4.78 is 0. The molecule has 0 radical (unpaired) electrons. The highest BCUT2D eigenvalue weighted by atomic mass is 35.5. The molecule has 4 N–H and O–H groups in total. The molecule has 0 spiro atoms. The molecule has 0 aliphatic carbocycles. The summed E-state index contributed by atoms with van der Waals surface area (Å²) in [5.41, 5.74) is 12.5. The molecule has 0 bridgehead atoms. The zero-order valence-corrected chi connectivity index (χ0v) is 20.9. The van der Waals surface area contributed by atoms with Crippen LogP contribution in [-0.2, 0) is 0 Å². The summed E-state index contributed by atoms with van der Waals surface area (Å²) in [4.78, 5) is 0. The third-order valence-electron chi connectivity index (χ3n) is 5.76. The monoisotopic (exact) mass is 440 g/mol. The van der Waals surface area contributed by atoms with Gasteiger partial charge in [0.05, 0.1) is 0 Å². The minimum Gasteiger partial charge on any atom is -0.328 e. The van der Waals surface area contributed by atoms with Crippen molar-refractivity contribution < 1.29 is 0 Å². The van der Waals surface area contributed by atoms with Gasteiger partial charge in [-0.1, -0.05) is 117 Å². The number of nitrogens with two attached hydrogens (primary N) is 2. The first-order valence-corrected chi connectivity index (χ1v) is 12.2.